The molecular formula is C33H36N2O6. The summed E-state index contributed by atoms with van der Waals surface area (Å²) in [4.78, 5) is 53.7. The largest absolute Gasteiger partial charge is 0.460 e. The highest BCUT2D eigenvalue weighted by molar-refractivity contribution is 6.01. The lowest BCUT2D eigenvalue weighted by Crippen LogP contribution is -2.51. The number of fused-ring (bicyclic) bond motifs is 1. The topological polar surface area (TPSA) is 111 Å². The summed E-state index contributed by atoms with van der Waals surface area (Å²) in [5.41, 5.74) is 3.41. The van der Waals surface area contributed by atoms with E-state index in [9.17, 15) is 19.2 Å². The van der Waals surface area contributed by atoms with Gasteiger partial charge in [-0.3, -0.25) is 19.2 Å². The summed E-state index contributed by atoms with van der Waals surface area (Å²) in [7, 11) is 0. The Morgan fingerprint density at radius 3 is 1.85 bits per heavy atom. The summed E-state index contributed by atoms with van der Waals surface area (Å²) in [6.45, 7) is 4.05. The van der Waals surface area contributed by atoms with E-state index in [1.807, 2.05) is 74.5 Å². The van der Waals surface area contributed by atoms with Gasteiger partial charge in [0.1, 0.15) is 19.3 Å². The Hall–Kier alpha value is -4.46. The van der Waals surface area contributed by atoms with Gasteiger partial charge in [-0.05, 0) is 34.6 Å². The minimum Gasteiger partial charge on any atom is -0.460 e. The number of hydrogen-bond acceptors (Lipinski definition) is 6. The molecule has 3 aromatic carbocycles. The zero-order valence-corrected chi connectivity index (χ0v) is 23.4. The number of ether oxygens (including phenoxy) is 2. The van der Waals surface area contributed by atoms with Crippen LogP contribution >= 0.6 is 0 Å². The summed E-state index contributed by atoms with van der Waals surface area (Å²) < 4.78 is 11.1. The summed E-state index contributed by atoms with van der Waals surface area (Å²) in [6.07, 6.45) is 0.506. The molecule has 0 saturated carbocycles. The maximum Gasteiger partial charge on any atom is 0.321 e. The molecule has 0 spiro atoms. The van der Waals surface area contributed by atoms with Crippen molar-refractivity contribution in [1.29, 1.82) is 0 Å². The maximum absolute atomic E-state index is 13.8. The molecule has 4 rings (SSSR count). The lowest BCUT2D eigenvalue weighted by molar-refractivity contribution is -0.169. The highest BCUT2D eigenvalue weighted by atomic mass is 16.6. The van der Waals surface area contributed by atoms with Crippen molar-refractivity contribution in [3.05, 3.63) is 107 Å². The van der Waals surface area contributed by atoms with Crippen LogP contribution in [0.1, 0.15) is 42.5 Å². The van der Waals surface area contributed by atoms with Crippen LogP contribution in [0.4, 0.5) is 0 Å². The van der Waals surface area contributed by atoms with Crippen molar-refractivity contribution >= 4 is 23.8 Å². The van der Waals surface area contributed by atoms with Crippen LogP contribution in [-0.4, -0.2) is 29.8 Å². The third kappa shape index (κ3) is 8.27. The molecule has 0 aliphatic carbocycles. The number of amides is 2. The molecule has 0 unspecified atom stereocenters. The summed E-state index contributed by atoms with van der Waals surface area (Å²) in [5.74, 6) is -5.24. The molecule has 2 N–H and O–H groups in total. The normalized spacial score (nSPS) is 15.3. The number of hydrogen-bond donors (Lipinski definition) is 2. The first kappa shape index (κ1) is 29.5. The Labute approximate surface area is 240 Å². The molecule has 2 atom stereocenters. The van der Waals surface area contributed by atoms with E-state index in [4.69, 9.17) is 9.47 Å². The number of benzene rings is 3. The molecule has 0 aromatic heterocycles. The van der Waals surface area contributed by atoms with Gasteiger partial charge in [0.2, 0.25) is 11.8 Å². The molecule has 0 radical (unpaired) electrons. The van der Waals surface area contributed by atoms with Crippen LogP contribution in [0, 0.1) is 17.8 Å². The fraction of sp³-hybridized carbons (Fsp3) is 0.333. The minimum atomic E-state index is -1.51. The Balaban J connectivity index is 1.57. The molecule has 3 aromatic rings. The van der Waals surface area contributed by atoms with Gasteiger partial charge in [-0.15, -0.1) is 0 Å². The smallest absolute Gasteiger partial charge is 0.321 e. The summed E-state index contributed by atoms with van der Waals surface area (Å²) in [5, 5.41) is 5.68. The molecule has 1 heterocycles. The SMILES string of the molecule is CC(C)C[C@@H](C(=O)N[C@H]1Cc2ccccc2CNC1=O)C(C(=O)OCc1ccccc1)C(=O)OCc1ccccc1. The second-order valence-corrected chi connectivity index (χ2v) is 10.7. The Morgan fingerprint density at radius 1 is 0.805 bits per heavy atom. The van der Waals surface area contributed by atoms with Crippen molar-refractivity contribution < 1.29 is 28.7 Å². The lowest BCUT2D eigenvalue weighted by atomic mass is 9.84. The molecule has 8 nitrogen and oxygen atoms in total. The Bertz CT molecular complexity index is 1290. The van der Waals surface area contributed by atoms with Gasteiger partial charge < -0.3 is 20.1 Å². The molecule has 0 bridgehead atoms. The predicted octanol–water partition coefficient (Wildman–Crippen LogP) is 4.11. The number of nitrogens with one attached hydrogen (secondary N) is 2. The first-order valence-corrected chi connectivity index (χ1v) is 13.9. The van der Waals surface area contributed by atoms with Crippen molar-refractivity contribution in [2.45, 2.75) is 52.5 Å². The van der Waals surface area contributed by atoms with Crippen LogP contribution in [0.15, 0.2) is 84.9 Å². The quantitative estimate of drug-likeness (QED) is 0.272. The van der Waals surface area contributed by atoms with Crippen molar-refractivity contribution in [3.63, 3.8) is 0 Å². The minimum absolute atomic E-state index is 0.0409. The monoisotopic (exact) mass is 556 g/mol. The Morgan fingerprint density at radius 2 is 1.32 bits per heavy atom. The molecule has 8 heteroatoms. The predicted molar refractivity (Wildman–Crippen MR) is 153 cm³/mol. The van der Waals surface area contributed by atoms with E-state index in [-0.39, 0.29) is 31.5 Å². The van der Waals surface area contributed by atoms with Gasteiger partial charge in [0.25, 0.3) is 0 Å². The van der Waals surface area contributed by atoms with Crippen LogP contribution in [0.3, 0.4) is 0 Å². The van der Waals surface area contributed by atoms with E-state index in [2.05, 4.69) is 10.6 Å². The van der Waals surface area contributed by atoms with Crippen molar-refractivity contribution in [2.75, 3.05) is 0 Å². The van der Waals surface area contributed by atoms with E-state index in [0.717, 1.165) is 22.3 Å². The van der Waals surface area contributed by atoms with Crippen LogP contribution < -0.4 is 10.6 Å². The fourth-order valence-corrected chi connectivity index (χ4v) is 4.91. The summed E-state index contributed by atoms with van der Waals surface area (Å²) >= 11 is 0. The van der Waals surface area contributed by atoms with Crippen LogP contribution in [-0.2, 0) is 54.8 Å². The van der Waals surface area contributed by atoms with E-state index >= 15 is 0 Å². The van der Waals surface area contributed by atoms with Crippen molar-refractivity contribution in [2.24, 2.45) is 17.8 Å². The Kier molecular flexibility index (Phi) is 10.3. The molecule has 1 aliphatic rings. The van der Waals surface area contributed by atoms with Gasteiger partial charge in [0.15, 0.2) is 5.92 Å². The maximum atomic E-state index is 13.8. The second-order valence-electron chi connectivity index (χ2n) is 10.7. The lowest BCUT2D eigenvalue weighted by Gasteiger charge is -2.27. The first-order valence-electron chi connectivity index (χ1n) is 13.9. The second kappa shape index (κ2) is 14.3. The van der Waals surface area contributed by atoms with Crippen molar-refractivity contribution in [1.82, 2.24) is 10.6 Å². The van der Waals surface area contributed by atoms with Gasteiger partial charge in [-0.1, -0.05) is 98.8 Å². The molecule has 0 fully saturated rings. The number of carbonyl (C=O) groups is 4. The molecule has 0 saturated heterocycles. The van der Waals surface area contributed by atoms with E-state index in [0.29, 0.717) is 13.0 Å². The van der Waals surface area contributed by atoms with Crippen molar-refractivity contribution in [3.8, 4) is 0 Å². The molecule has 214 valence electrons. The van der Waals surface area contributed by atoms with Gasteiger partial charge >= 0.3 is 11.9 Å². The zero-order chi connectivity index (χ0) is 29.2. The van der Waals surface area contributed by atoms with E-state index < -0.39 is 35.7 Å². The third-order valence-corrected chi connectivity index (χ3v) is 7.05. The van der Waals surface area contributed by atoms with Gasteiger partial charge in [0, 0.05) is 13.0 Å². The average Bonchev–Trinajstić information content (AvgIpc) is 3.13. The van der Waals surface area contributed by atoms with Crippen LogP contribution in [0.2, 0.25) is 0 Å². The highest BCUT2D eigenvalue weighted by Crippen LogP contribution is 2.26. The van der Waals surface area contributed by atoms with Gasteiger partial charge in [-0.25, -0.2) is 0 Å². The number of rotatable bonds is 11. The molecule has 41 heavy (non-hydrogen) atoms. The zero-order valence-electron chi connectivity index (χ0n) is 23.4. The van der Waals surface area contributed by atoms with Gasteiger partial charge in [-0.2, -0.15) is 0 Å². The highest BCUT2D eigenvalue weighted by Gasteiger charge is 2.43. The van der Waals surface area contributed by atoms with Crippen LogP contribution in [0.5, 0.6) is 0 Å². The first-order chi connectivity index (χ1) is 19.8. The van der Waals surface area contributed by atoms with Crippen LogP contribution in [0.25, 0.3) is 0 Å². The number of carbonyl (C=O) groups excluding carboxylic acids is 4. The standard InChI is InChI=1S/C33H36N2O6/c1-22(2)17-27(30(36)35-28-18-25-15-9-10-16-26(25)19-34-31(28)37)29(32(38)40-20-23-11-5-3-6-12-23)33(39)41-21-24-13-7-4-8-14-24/h3-16,22,27-29H,17-21H2,1-2H3,(H,34,37)(H,35,36)/t27-,28+/m1/s1. The molecular weight excluding hydrogens is 520 g/mol. The summed E-state index contributed by atoms with van der Waals surface area (Å²) in [6, 6.07) is 25.0. The fourth-order valence-electron chi connectivity index (χ4n) is 4.91. The van der Waals surface area contributed by atoms with E-state index in [1.165, 1.54) is 0 Å². The number of esters is 2. The third-order valence-electron chi connectivity index (χ3n) is 7.05. The van der Waals surface area contributed by atoms with Gasteiger partial charge in [0.05, 0.1) is 5.92 Å². The molecule has 1 aliphatic heterocycles. The van der Waals surface area contributed by atoms with E-state index in [1.54, 1.807) is 24.3 Å². The molecule has 2 amide bonds. The average molecular weight is 557 g/mol.